The molecule has 0 atom stereocenters. The lowest BCUT2D eigenvalue weighted by atomic mass is 9.96. The van der Waals surface area contributed by atoms with E-state index in [2.05, 4.69) is 55.7 Å². The Balaban J connectivity index is 1.52. The topological polar surface area (TPSA) is 71.8 Å². The van der Waals surface area contributed by atoms with Crippen molar-refractivity contribution in [3.05, 3.63) is 93.2 Å². The number of hydrogen-bond acceptors (Lipinski definition) is 3. The molecule has 1 aliphatic rings. The Hall–Kier alpha value is -3.37. The van der Waals surface area contributed by atoms with E-state index in [-0.39, 0.29) is 25.6 Å². The molecule has 2 amide bonds. The molecule has 1 saturated carbocycles. The molecule has 3 aromatic rings. The van der Waals surface area contributed by atoms with Gasteiger partial charge in [0.05, 0.1) is 5.54 Å². The molecule has 3 aromatic carbocycles. The fraction of sp³-hybridized carbons (Fsp3) is 0.240. The van der Waals surface area contributed by atoms with Crippen molar-refractivity contribution in [3.8, 4) is 0 Å². The Kier molecular flexibility index (Phi) is 6.42. The van der Waals surface area contributed by atoms with Gasteiger partial charge in [0.15, 0.2) is 6.61 Å². The molecule has 6 nitrogen and oxygen atoms in total. The maximum atomic E-state index is 13.3. The molecule has 7 heteroatoms. The van der Waals surface area contributed by atoms with Gasteiger partial charge in [-0.25, -0.2) is 11.4 Å². The Labute approximate surface area is 194 Å². The first kappa shape index (κ1) is 21.8. The average molecular weight is 492 g/mol. The van der Waals surface area contributed by atoms with Crippen molar-refractivity contribution in [1.29, 1.82) is 0 Å². The number of alkyl carbamates (subject to hydrolysis) is 1. The lowest BCUT2D eigenvalue weighted by molar-refractivity contribution is 0.0929. The fourth-order valence-electron chi connectivity index (χ4n) is 3.84. The van der Waals surface area contributed by atoms with E-state index in [4.69, 9.17) is 11.3 Å². The molecule has 4 rings (SSSR count). The van der Waals surface area contributed by atoms with Crippen molar-refractivity contribution in [3.63, 3.8) is 0 Å². The summed E-state index contributed by atoms with van der Waals surface area (Å²) in [7, 11) is 0. The van der Waals surface area contributed by atoms with Crippen LogP contribution in [-0.2, 0) is 16.8 Å². The van der Waals surface area contributed by atoms with Crippen LogP contribution in [0.1, 0.15) is 34.3 Å². The number of halogens is 1. The highest BCUT2D eigenvalue weighted by atomic mass is 79.9. The van der Waals surface area contributed by atoms with E-state index in [1.54, 1.807) is 12.1 Å². The second-order valence-electron chi connectivity index (χ2n) is 7.74. The van der Waals surface area contributed by atoms with E-state index in [0.29, 0.717) is 11.1 Å². The molecule has 0 bridgehead atoms. The number of nitrogens with one attached hydrogen (secondary N) is 2. The van der Waals surface area contributed by atoms with Crippen molar-refractivity contribution in [2.75, 3.05) is 13.2 Å². The third kappa shape index (κ3) is 4.76. The summed E-state index contributed by atoms with van der Waals surface area (Å²) in [6.07, 6.45) is 1.13. The predicted octanol–water partition coefficient (Wildman–Crippen LogP) is 5.17. The first-order valence-corrected chi connectivity index (χ1v) is 11.1. The van der Waals surface area contributed by atoms with Gasteiger partial charge in [-0.05, 0) is 52.9 Å². The number of ether oxygens (including phenoxy) is 1. The van der Waals surface area contributed by atoms with Crippen LogP contribution in [0, 0.1) is 6.57 Å². The van der Waals surface area contributed by atoms with Crippen LogP contribution in [0.2, 0.25) is 0 Å². The number of fused-ring (bicyclic) bond motifs is 1. The number of benzene rings is 3. The average Bonchev–Trinajstić information content (AvgIpc) is 3.57. The van der Waals surface area contributed by atoms with Gasteiger partial charge in [-0.15, -0.1) is 0 Å². The van der Waals surface area contributed by atoms with Crippen LogP contribution in [0.5, 0.6) is 0 Å². The van der Waals surface area contributed by atoms with Crippen LogP contribution in [0.3, 0.4) is 0 Å². The normalized spacial score (nSPS) is 13.8. The van der Waals surface area contributed by atoms with Gasteiger partial charge in [0.1, 0.15) is 0 Å². The van der Waals surface area contributed by atoms with Gasteiger partial charge in [0.25, 0.3) is 5.91 Å². The Bertz CT molecular complexity index is 1210. The molecule has 0 unspecified atom stereocenters. The lowest BCUT2D eigenvalue weighted by Gasteiger charge is -2.21. The molecule has 0 spiro atoms. The summed E-state index contributed by atoms with van der Waals surface area (Å²) in [5.74, 6) is -0.176. The molecule has 0 heterocycles. The number of nitrogens with zero attached hydrogens (tertiary/aromatic N) is 1. The van der Waals surface area contributed by atoms with Crippen molar-refractivity contribution >= 4 is 38.7 Å². The molecule has 0 saturated heterocycles. The van der Waals surface area contributed by atoms with E-state index in [0.717, 1.165) is 33.7 Å². The van der Waals surface area contributed by atoms with Gasteiger partial charge in [0.2, 0.25) is 6.54 Å². The van der Waals surface area contributed by atoms with E-state index in [1.807, 2.05) is 24.3 Å². The SMILES string of the molecule is [C-]#[N+]CCOC(=O)NCc1ccccc1C(=O)NC1(c2cc(Br)cc3ccccc23)CC1. The van der Waals surface area contributed by atoms with Crippen molar-refractivity contribution in [2.45, 2.75) is 24.9 Å². The highest BCUT2D eigenvalue weighted by Gasteiger charge is 2.47. The molecular weight excluding hydrogens is 470 g/mol. The van der Waals surface area contributed by atoms with Crippen molar-refractivity contribution in [2.24, 2.45) is 0 Å². The van der Waals surface area contributed by atoms with Gasteiger partial charge in [-0.2, -0.15) is 0 Å². The Morgan fingerprint density at radius 1 is 1.09 bits per heavy atom. The third-order valence-corrected chi connectivity index (χ3v) is 6.02. The summed E-state index contributed by atoms with van der Waals surface area (Å²) in [4.78, 5) is 28.2. The highest BCUT2D eigenvalue weighted by Crippen LogP contribution is 2.49. The van der Waals surface area contributed by atoms with Crippen molar-refractivity contribution < 1.29 is 14.3 Å². The van der Waals surface area contributed by atoms with Gasteiger partial charge in [-0.1, -0.05) is 58.4 Å². The number of rotatable bonds is 7. The molecule has 32 heavy (non-hydrogen) atoms. The minimum Gasteiger partial charge on any atom is -0.442 e. The van der Waals surface area contributed by atoms with E-state index in [1.165, 1.54) is 0 Å². The van der Waals surface area contributed by atoms with Gasteiger partial charge in [-0.3, -0.25) is 4.79 Å². The Morgan fingerprint density at radius 2 is 1.84 bits per heavy atom. The van der Waals surface area contributed by atoms with Gasteiger partial charge in [0, 0.05) is 16.6 Å². The first-order chi connectivity index (χ1) is 15.5. The maximum absolute atomic E-state index is 13.3. The standard InChI is InChI=1S/C25H22BrN3O3/c1-27-12-13-32-24(31)28-16-18-7-3-5-9-21(18)23(30)29-25(10-11-25)22-15-19(26)14-17-6-2-4-8-20(17)22/h2-9,14-15H,10-13,16H2,(H,28,31)(H,29,30). The van der Waals surface area contributed by atoms with Crippen LogP contribution >= 0.6 is 15.9 Å². The third-order valence-electron chi connectivity index (χ3n) is 5.57. The highest BCUT2D eigenvalue weighted by molar-refractivity contribution is 9.10. The fourth-order valence-corrected chi connectivity index (χ4v) is 4.32. The number of carbonyl (C=O) groups excluding carboxylic acids is 2. The second-order valence-corrected chi connectivity index (χ2v) is 8.65. The quantitative estimate of drug-likeness (QED) is 0.353. The summed E-state index contributed by atoms with van der Waals surface area (Å²) in [5, 5.41) is 8.15. The maximum Gasteiger partial charge on any atom is 0.407 e. The molecule has 162 valence electrons. The smallest absolute Gasteiger partial charge is 0.407 e. The van der Waals surface area contributed by atoms with Crippen LogP contribution in [0.25, 0.3) is 15.6 Å². The minimum atomic E-state index is -0.608. The molecule has 0 radical (unpaired) electrons. The Morgan fingerprint density at radius 3 is 2.62 bits per heavy atom. The van der Waals surface area contributed by atoms with Gasteiger partial charge < -0.3 is 20.2 Å². The molecule has 0 aromatic heterocycles. The van der Waals surface area contributed by atoms with Crippen LogP contribution in [0.15, 0.2) is 65.1 Å². The molecule has 0 aliphatic heterocycles. The molecule has 1 aliphatic carbocycles. The summed E-state index contributed by atoms with van der Waals surface area (Å²) < 4.78 is 5.92. The lowest BCUT2D eigenvalue weighted by Crippen LogP contribution is -2.36. The minimum absolute atomic E-state index is 0.0422. The van der Waals surface area contributed by atoms with Crippen LogP contribution in [-0.4, -0.2) is 25.2 Å². The summed E-state index contributed by atoms with van der Waals surface area (Å²) in [5.41, 5.74) is 1.91. The number of carbonyl (C=O) groups is 2. The zero-order valence-corrected chi connectivity index (χ0v) is 18.9. The van der Waals surface area contributed by atoms with E-state index >= 15 is 0 Å². The van der Waals surface area contributed by atoms with E-state index < -0.39 is 11.6 Å². The zero-order chi connectivity index (χ0) is 22.6. The van der Waals surface area contributed by atoms with Gasteiger partial charge >= 0.3 is 6.09 Å². The van der Waals surface area contributed by atoms with Crippen molar-refractivity contribution in [1.82, 2.24) is 10.6 Å². The molecule has 2 N–H and O–H groups in total. The first-order valence-electron chi connectivity index (χ1n) is 10.4. The summed E-state index contributed by atoms with van der Waals surface area (Å²) in [6.45, 7) is 7.05. The summed E-state index contributed by atoms with van der Waals surface area (Å²) >= 11 is 3.60. The monoisotopic (exact) mass is 491 g/mol. The second kappa shape index (κ2) is 9.41. The molecular formula is C25H22BrN3O3. The van der Waals surface area contributed by atoms with E-state index in [9.17, 15) is 9.59 Å². The van der Waals surface area contributed by atoms with Crippen LogP contribution < -0.4 is 10.6 Å². The largest absolute Gasteiger partial charge is 0.442 e. The predicted molar refractivity (Wildman–Crippen MR) is 126 cm³/mol. The summed E-state index contributed by atoms with van der Waals surface area (Å²) in [6, 6.07) is 19.5. The number of amides is 2. The number of hydrogen-bond donors (Lipinski definition) is 2. The van der Waals surface area contributed by atoms with Crippen LogP contribution in [0.4, 0.5) is 4.79 Å². The molecule has 1 fully saturated rings. The zero-order valence-electron chi connectivity index (χ0n) is 17.4.